The van der Waals surface area contributed by atoms with Crippen LogP contribution in [0.5, 0.6) is 0 Å². The summed E-state index contributed by atoms with van der Waals surface area (Å²) in [5.74, 6) is 0. The molecule has 0 amide bonds. The van der Waals surface area contributed by atoms with E-state index in [0.717, 1.165) is 0 Å². The molecule has 0 aromatic carbocycles. The third-order valence-electron chi connectivity index (χ3n) is 0. The second kappa shape index (κ2) is 8.69. The summed E-state index contributed by atoms with van der Waals surface area (Å²) >= 11 is 0. The van der Waals surface area contributed by atoms with Gasteiger partial charge in [0.1, 0.15) is 0 Å². The minimum absolute atomic E-state index is 0. The van der Waals surface area contributed by atoms with Gasteiger partial charge in [0.2, 0.25) is 0 Å². The number of hydrogen-bond donors (Lipinski definition) is 3. The maximum Gasteiger partial charge on any atom is 0 e. The van der Waals surface area contributed by atoms with Gasteiger partial charge in [-0.3, -0.25) is 0 Å². The third kappa shape index (κ3) is 120. The van der Waals surface area contributed by atoms with E-state index >= 15 is 0 Å². The van der Waals surface area contributed by atoms with Gasteiger partial charge < -0.3 is 14.7 Å². The molecule has 0 aliphatic rings. The molecule has 0 aliphatic heterocycles. The molecule has 8 heavy (non-hydrogen) atoms. The standard InChI is InChI=1S/CH4.Na.H3O4P.V.H/c;;1-5(2,3)4;;/h1H4;;(H3,1,2,3,4);;. The van der Waals surface area contributed by atoms with Crippen LogP contribution in [0.15, 0.2) is 0 Å². The van der Waals surface area contributed by atoms with Gasteiger partial charge in [-0.15, -0.1) is 0 Å². The summed E-state index contributed by atoms with van der Waals surface area (Å²) in [6.07, 6.45) is 0. The van der Waals surface area contributed by atoms with E-state index in [-0.39, 0.29) is 55.5 Å². The first-order chi connectivity index (χ1) is 2.00. The summed E-state index contributed by atoms with van der Waals surface area (Å²) in [5.41, 5.74) is 0. The molecule has 0 spiro atoms. The number of hydrogen-bond acceptors (Lipinski definition) is 1. The Labute approximate surface area is 82.1 Å². The van der Waals surface area contributed by atoms with Crippen LogP contribution in [-0.4, -0.2) is 44.2 Å². The third-order valence-corrected chi connectivity index (χ3v) is 0. The molecule has 0 heterocycles. The molecule has 0 bridgehead atoms. The van der Waals surface area contributed by atoms with Gasteiger partial charge in [-0.25, -0.2) is 4.57 Å². The van der Waals surface area contributed by atoms with Crippen molar-refractivity contribution >= 4 is 37.4 Å². The fourth-order valence-corrected chi connectivity index (χ4v) is 0. The Morgan fingerprint density at radius 2 is 1.12 bits per heavy atom. The molecule has 0 aromatic rings. The van der Waals surface area contributed by atoms with E-state index in [1.165, 1.54) is 0 Å². The molecule has 0 aromatic heterocycles. The van der Waals surface area contributed by atoms with Crippen molar-refractivity contribution in [3.05, 3.63) is 0 Å². The average molecular weight is 189 g/mol. The van der Waals surface area contributed by atoms with E-state index in [2.05, 4.69) is 0 Å². The molecular weight excluding hydrogens is 181 g/mol. The normalized spacial score (nSPS) is 7.38. The van der Waals surface area contributed by atoms with Crippen LogP contribution in [0.25, 0.3) is 0 Å². The number of rotatable bonds is 0. The van der Waals surface area contributed by atoms with Gasteiger partial charge in [-0.1, -0.05) is 7.43 Å². The van der Waals surface area contributed by atoms with Crippen LogP contribution in [0.1, 0.15) is 7.43 Å². The molecule has 3 N–H and O–H groups in total. The first-order valence-electron chi connectivity index (χ1n) is 0.783. The maximum absolute atomic E-state index is 8.88. The fourth-order valence-electron chi connectivity index (χ4n) is 0. The van der Waals surface area contributed by atoms with Crippen molar-refractivity contribution in [1.82, 2.24) is 0 Å². The maximum atomic E-state index is 8.88. The Balaban J connectivity index is -0.0000000267. The molecule has 0 unspecified atom stereocenters. The van der Waals surface area contributed by atoms with E-state index in [4.69, 9.17) is 19.2 Å². The molecule has 0 saturated heterocycles. The fraction of sp³-hybridized carbons (Fsp3) is 1.00. The summed E-state index contributed by atoms with van der Waals surface area (Å²) in [4.78, 5) is 21.6. The molecule has 0 saturated carbocycles. The zero-order valence-electron chi connectivity index (χ0n) is 2.64. The Bertz CT molecular complexity index is 62.2. The topological polar surface area (TPSA) is 77.8 Å². The van der Waals surface area contributed by atoms with Crippen molar-refractivity contribution in [2.45, 2.75) is 7.43 Å². The van der Waals surface area contributed by atoms with Gasteiger partial charge in [0.15, 0.2) is 0 Å². The van der Waals surface area contributed by atoms with Gasteiger partial charge >= 0.3 is 37.4 Å². The van der Waals surface area contributed by atoms with Gasteiger partial charge in [-0.2, -0.15) is 0 Å². The second-order valence-electron chi connectivity index (χ2n) is 0.513. The van der Waals surface area contributed by atoms with Crippen LogP contribution in [0.4, 0.5) is 0 Å². The van der Waals surface area contributed by atoms with Crippen molar-refractivity contribution < 1.29 is 37.8 Å². The summed E-state index contributed by atoms with van der Waals surface area (Å²) < 4.78 is 8.88. The summed E-state index contributed by atoms with van der Waals surface area (Å²) in [5, 5.41) is 0. The van der Waals surface area contributed by atoms with Crippen molar-refractivity contribution in [1.29, 1.82) is 0 Å². The van der Waals surface area contributed by atoms with Crippen LogP contribution in [0.2, 0.25) is 0 Å². The minimum Gasteiger partial charge on any atom is 0 e. The molecule has 4 nitrogen and oxygen atoms in total. The summed E-state index contributed by atoms with van der Waals surface area (Å²) in [6.45, 7) is 0. The van der Waals surface area contributed by atoms with E-state index < -0.39 is 7.82 Å². The summed E-state index contributed by atoms with van der Waals surface area (Å²) in [6, 6.07) is 0. The SMILES string of the molecule is C.O=P(O)(O)O.[NaH].[V]. The van der Waals surface area contributed by atoms with Gasteiger partial charge in [0, 0.05) is 18.6 Å². The molecule has 7 heteroatoms. The second-order valence-corrected chi connectivity index (χ2v) is 1.54. The van der Waals surface area contributed by atoms with Crippen molar-refractivity contribution in [3.63, 3.8) is 0 Å². The molecule has 47 valence electrons. The van der Waals surface area contributed by atoms with Gasteiger partial charge in [0.05, 0.1) is 0 Å². The van der Waals surface area contributed by atoms with E-state index in [9.17, 15) is 0 Å². The van der Waals surface area contributed by atoms with Crippen LogP contribution in [0, 0.1) is 0 Å². The van der Waals surface area contributed by atoms with Crippen molar-refractivity contribution in [3.8, 4) is 0 Å². The molecule has 0 fully saturated rings. The van der Waals surface area contributed by atoms with Gasteiger partial charge in [-0.05, 0) is 0 Å². The molecule has 0 atom stereocenters. The van der Waals surface area contributed by atoms with Crippen LogP contribution in [-0.2, 0) is 23.1 Å². The van der Waals surface area contributed by atoms with E-state index in [1.807, 2.05) is 0 Å². The Morgan fingerprint density at radius 1 is 1.12 bits per heavy atom. The Hall–Kier alpha value is 1.69. The monoisotopic (exact) mass is 189 g/mol. The first kappa shape index (κ1) is 22.6. The van der Waals surface area contributed by atoms with Gasteiger partial charge in [0.25, 0.3) is 0 Å². The zero-order valence-corrected chi connectivity index (χ0v) is 4.94. The van der Waals surface area contributed by atoms with E-state index in [0.29, 0.717) is 0 Å². The molecular formula is CH8NaO4PV. The molecule has 1 radical (unpaired) electrons. The van der Waals surface area contributed by atoms with Crippen LogP contribution in [0.3, 0.4) is 0 Å². The Morgan fingerprint density at radius 3 is 1.12 bits per heavy atom. The summed E-state index contributed by atoms with van der Waals surface area (Å²) in [7, 11) is -4.64. The van der Waals surface area contributed by atoms with Crippen LogP contribution < -0.4 is 0 Å². The number of phosphoric acid groups is 1. The molecule has 0 aliphatic carbocycles. The zero-order chi connectivity index (χ0) is 4.50. The quantitative estimate of drug-likeness (QED) is 0.339. The first-order valence-corrected chi connectivity index (χ1v) is 2.35. The predicted octanol–water partition coefficient (Wildman–Crippen LogP) is -0.944. The van der Waals surface area contributed by atoms with E-state index in [1.54, 1.807) is 0 Å². The average Bonchev–Trinajstić information content (AvgIpc) is 0.722. The largest absolute Gasteiger partial charge is 0 e. The minimum atomic E-state index is -4.64. The Kier molecular flexibility index (Phi) is 24.6. The van der Waals surface area contributed by atoms with Crippen LogP contribution >= 0.6 is 7.82 Å². The molecule has 0 rings (SSSR count). The predicted molar refractivity (Wildman–Crippen MR) is 28.1 cm³/mol. The smallest absolute Gasteiger partial charge is 0 e. The van der Waals surface area contributed by atoms with Crippen molar-refractivity contribution in [2.75, 3.05) is 0 Å². The van der Waals surface area contributed by atoms with Crippen molar-refractivity contribution in [2.24, 2.45) is 0 Å².